The van der Waals surface area contributed by atoms with Crippen molar-refractivity contribution in [3.05, 3.63) is 70.5 Å². The van der Waals surface area contributed by atoms with Crippen molar-refractivity contribution >= 4 is 5.91 Å². The minimum absolute atomic E-state index is 0.00874. The number of carbonyl (C=O) groups excluding carboxylic acids is 1. The van der Waals surface area contributed by atoms with Crippen molar-refractivity contribution in [3.8, 4) is 0 Å². The number of carbonyl (C=O) groups is 1. The van der Waals surface area contributed by atoms with E-state index in [9.17, 15) is 9.18 Å². The molecule has 2 atom stereocenters. The molecule has 1 heterocycles. The number of halogens is 1. The SMILES string of the molecule is CC(=O)N[C@@H]1CN(Cc2cc(C)cc(F)c2)C[C@H]1c1ccc(C)cc1. The van der Waals surface area contributed by atoms with Gasteiger partial charge in [-0.25, -0.2) is 4.39 Å². The lowest BCUT2D eigenvalue weighted by Gasteiger charge is -2.19. The van der Waals surface area contributed by atoms with Crippen molar-refractivity contribution in [1.82, 2.24) is 10.2 Å². The molecule has 25 heavy (non-hydrogen) atoms. The summed E-state index contributed by atoms with van der Waals surface area (Å²) < 4.78 is 13.7. The third kappa shape index (κ3) is 4.45. The van der Waals surface area contributed by atoms with Crippen LogP contribution in [-0.2, 0) is 11.3 Å². The Morgan fingerprint density at radius 2 is 1.84 bits per heavy atom. The van der Waals surface area contributed by atoms with Crippen molar-refractivity contribution in [2.75, 3.05) is 13.1 Å². The zero-order chi connectivity index (χ0) is 18.0. The van der Waals surface area contributed by atoms with Gasteiger partial charge in [0.2, 0.25) is 5.91 Å². The Bertz CT molecular complexity index is 737. The van der Waals surface area contributed by atoms with Crippen molar-refractivity contribution in [2.24, 2.45) is 0 Å². The molecule has 0 spiro atoms. The molecule has 3 rings (SSSR count). The largest absolute Gasteiger partial charge is 0.352 e. The molecule has 0 bridgehead atoms. The quantitative estimate of drug-likeness (QED) is 0.923. The van der Waals surface area contributed by atoms with E-state index < -0.39 is 0 Å². The van der Waals surface area contributed by atoms with Gasteiger partial charge in [0.05, 0.1) is 0 Å². The van der Waals surface area contributed by atoms with Gasteiger partial charge in [-0.1, -0.05) is 35.9 Å². The lowest BCUT2D eigenvalue weighted by Crippen LogP contribution is -2.38. The van der Waals surface area contributed by atoms with Crippen LogP contribution in [0.4, 0.5) is 4.39 Å². The third-order valence-corrected chi connectivity index (χ3v) is 4.80. The fourth-order valence-corrected chi connectivity index (χ4v) is 3.73. The Hall–Kier alpha value is -2.20. The summed E-state index contributed by atoms with van der Waals surface area (Å²) in [6.45, 7) is 7.85. The summed E-state index contributed by atoms with van der Waals surface area (Å²) in [5.74, 6) is 0.0485. The summed E-state index contributed by atoms with van der Waals surface area (Å²) in [4.78, 5) is 13.9. The molecule has 3 nitrogen and oxygen atoms in total. The first-order chi connectivity index (χ1) is 11.9. The second-order valence-electron chi connectivity index (χ2n) is 7.16. The molecule has 0 aromatic heterocycles. The van der Waals surface area contributed by atoms with Gasteiger partial charge < -0.3 is 5.32 Å². The summed E-state index contributed by atoms with van der Waals surface area (Å²) in [6.07, 6.45) is 0. The van der Waals surface area contributed by atoms with Crippen LogP contribution >= 0.6 is 0 Å². The predicted molar refractivity (Wildman–Crippen MR) is 97.9 cm³/mol. The minimum Gasteiger partial charge on any atom is -0.352 e. The Balaban J connectivity index is 1.78. The van der Waals surface area contributed by atoms with Crippen LogP contribution in [0.1, 0.15) is 35.1 Å². The molecule has 0 radical (unpaired) electrons. The highest BCUT2D eigenvalue weighted by Gasteiger charge is 2.34. The average Bonchev–Trinajstić information content (AvgIpc) is 2.88. The molecule has 1 amide bonds. The van der Waals surface area contributed by atoms with E-state index in [-0.39, 0.29) is 23.7 Å². The maximum absolute atomic E-state index is 13.7. The lowest BCUT2D eigenvalue weighted by molar-refractivity contribution is -0.119. The monoisotopic (exact) mass is 340 g/mol. The number of nitrogens with zero attached hydrogens (tertiary/aromatic N) is 1. The maximum Gasteiger partial charge on any atom is 0.217 e. The highest BCUT2D eigenvalue weighted by atomic mass is 19.1. The molecule has 0 aliphatic carbocycles. The number of likely N-dealkylation sites (tertiary alicyclic amines) is 1. The molecule has 1 fully saturated rings. The van der Waals surface area contributed by atoms with E-state index in [1.54, 1.807) is 19.1 Å². The van der Waals surface area contributed by atoms with Crippen LogP contribution in [0.25, 0.3) is 0 Å². The molecule has 1 saturated heterocycles. The number of aryl methyl sites for hydroxylation is 2. The number of hydrogen-bond donors (Lipinski definition) is 1. The molecule has 0 unspecified atom stereocenters. The van der Waals surface area contributed by atoms with E-state index in [1.165, 1.54) is 11.1 Å². The first kappa shape index (κ1) is 17.6. The maximum atomic E-state index is 13.7. The standard InChI is InChI=1S/C21H25FN2O/c1-14-4-6-18(7-5-14)20-12-24(13-21(20)23-16(3)25)11-17-8-15(2)9-19(22)10-17/h4-10,20-21H,11-13H2,1-3H3,(H,23,25)/t20-,21+/m0/s1. The number of amides is 1. The van der Waals surface area contributed by atoms with Crippen LogP contribution < -0.4 is 5.32 Å². The Morgan fingerprint density at radius 3 is 2.48 bits per heavy atom. The predicted octanol–water partition coefficient (Wildman–Crippen LogP) is 3.55. The molecule has 2 aromatic rings. The molecule has 0 saturated carbocycles. The molecular formula is C21H25FN2O. The molecule has 2 aromatic carbocycles. The van der Waals surface area contributed by atoms with Crippen LogP contribution in [0.5, 0.6) is 0 Å². The van der Waals surface area contributed by atoms with Gasteiger partial charge in [0.1, 0.15) is 5.82 Å². The summed E-state index contributed by atoms with van der Waals surface area (Å²) in [7, 11) is 0. The fraction of sp³-hybridized carbons (Fsp3) is 0.381. The lowest BCUT2D eigenvalue weighted by atomic mass is 9.93. The first-order valence-electron chi connectivity index (χ1n) is 8.73. The summed E-state index contributed by atoms with van der Waals surface area (Å²) in [5.41, 5.74) is 4.37. The van der Waals surface area contributed by atoms with E-state index in [4.69, 9.17) is 0 Å². The van der Waals surface area contributed by atoms with Crippen LogP contribution in [0.3, 0.4) is 0 Å². The van der Waals surface area contributed by atoms with Crippen LogP contribution in [0.15, 0.2) is 42.5 Å². The van der Waals surface area contributed by atoms with E-state index in [2.05, 4.69) is 41.4 Å². The Labute approximate surface area is 148 Å². The van der Waals surface area contributed by atoms with Gasteiger partial charge in [0, 0.05) is 38.5 Å². The molecule has 1 aliphatic rings. The van der Waals surface area contributed by atoms with Crippen molar-refractivity contribution in [3.63, 3.8) is 0 Å². The van der Waals surface area contributed by atoms with Crippen molar-refractivity contribution < 1.29 is 9.18 Å². The highest BCUT2D eigenvalue weighted by molar-refractivity contribution is 5.73. The average molecular weight is 340 g/mol. The fourth-order valence-electron chi connectivity index (χ4n) is 3.73. The molecule has 132 valence electrons. The van der Waals surface area contributed by atoms with Crippen LogP contribution in [0, 0.1) is 19.7 Å². The normalized spacial score (nSPS) is 20.6. The highest BCUT2D eigenvalue weighted by Crippen LogP contribution is 2.29. The second-order valence-corrected chi connectivity index (χ2v) is 7.16. The molecule has 1 N–H and O–H groups in total. The smallest absolute Gasteiger partial charge is 0.217 e. The molecule has 1 aliphatic heterocycles. The summed E-state index contributed by atoms with van der Waals surface area (Å²) >= 11 is 0. The second kappa shape index (κ2) is 7.36. The zero-order valence-electron chi connectivity index (χ0n) is 15.1. The van der Waals surface area contributed by atoms with E-state index in [0.717, 1.165) is 24.2 Å². The molecule has 4 heteroatoms. The topological polar surface area (TPSA) is 32.3 Å². The van der Waals surface area contributed by atoms with Gasteiger partial charge in [0.15, 0.2) is 0 Å². The van der Waals surface area contributed by atoms with Gasteiger partial charge >= 0.3 is 0 Å². The van der Waals surface area contributed by atoms with Crippen molar-refractivity contribution in [2.45, 2.75) is 39.3 Å². The van der Waals surface area contributed by atoms with Crippen molar-refractivity contribution in [1.29, 1.82) is 0 Å². The van der Waals surface area contributed by atoms with Gasteiger partial charge in [-0.15, -0.1) is 0 Å². The van der Waals surface area contributed by atoms with Crippen LogP contribution in [0.2, 0.25) is 0 Å². The minimum atomic E-state index is -0.192. The summed E-state index contributed by atoms with van der Waals surface area (Å²) in [5, 5.41) is 3.09. The first-order valence-corrected chi connectivity index (χ1v) is 8.73. The Morgan fingerprint density at radius 1 is 1.12 bits per heavy atom. The van der Waals surface area contributed by atoms with Gasteiger partial charge in [-0.2, -0.15) is 0 Å². The Kier molecular flexibility index (Phi) is 5.19. The van der Waals surface area contributed by atoms with Gasteiger partial charge in [-0.3, -0.25) is 9.69 Å². The van der Waals surface area contributed by atoms with E-state index in [0.29, 0.717) is 6.54 Å². The van der Waals surface area contributed by atoms with Crippen LogP contribution in [-0.4, -0.2) is 29.9 Å². The van der Waals surface area contributed by atoms with E-state index >= 15 is 0 Å². The van der Waals surface area contributed by atoms with Gasteiger partial charge in [0.25, 0.3) is 0 Å². The number of hydrogen-bond acceptors (Lipinski definition) is 2. The third-order valence-electron chi connectivity index (χ3n) is 4.80. The number of nitrogens with one attached hydrogen (secondary N) is 1. The number of benzene rings is 2. The number of rotatable bonds is 4. The van der Waals surface area contributed by atoms with Gasteiger partial charge in [-0.05, 0) is 42.7 Å². The zero-order valence-corrected chi connectivity index (χ0v) is 15.1. The van der Waals surface area contributed by atoms with E-state index in [1.807, 2.05) is 13.0 Å². The molecular weight excluding hydrogens is 315 g/mol. The summed E-state index contributed by atoms with van der Waals surface area (Å²) in [6, 6.07) is 13.8.